The van der Waals surface area contributed by atoms with Gasteiger partial charge in [0.15, 0.2) is 6.29 Å². The van der Waals surface area contributed by atoms with Crippen LogP contribution < -0.4 is 0 Å². The van der Waals surface area contributed by atoms with E-state index >= 15 is 0 Å². The molecule has 1 saturated heterocycles. The minimum absolute atomic E-state index is 0.0628. The lowest BCUT2D eigenvalue weighted by molar-refractivity contribution is -0.358. The summed E-state index contributed by atoms with van der Waals surface area (Å²) in [6.45, 7) is -1.52. The van der Waals surface area contributed by atoms with Crippen molar-refractivity contribution >= 4 is 31.0 Å². The fourth-order valence-electron chi connectivity index (χ4n) is 7.22. The van der Waals surface area contributed by atoms with Crippen molar-refractivity contribution in [3.63, 3.8) is 0 Å². The second-order valence-electron chi connectivity index (χ2n) is 14.2. The molecule has 0 aliphatic carbocycles. The van der Waals surface area contributed by atoms with Crippen molar-refractivity contribution in [2.75, 3.05) is 6.61 Å². The van der Waals surface area contributed by atoms with Crippen molar-refractivity contribution < 1.29 is 58.2 Å². The van der Waals surface area contributed by atoms with Crippen LogP contribution in [0, 0.1) is 0 Å². The van der Waals surface area contributed by atoms with Crippen LogP contribution in [0.3, 0.4) is 0 Å². The van der Waals surface area contributed by atoms with Crippen LogP contribution in [0.25, 0.3) is 10.9 Å². The van der Waals surface area contributed by atoms with Crippen molar-refractivity contribution in [2.24, 2.45) is 0 Å². The molecule has 5 atom stereocenters. The van der Waals surface area contributed by atoms with E-state index in [2.05, 4.69) is 4.18 Å². The smallest absolute Gasteiger partial charge is 0.368 e. The van der Waals surface area contributed by atoms with E-state index in [-0.39, 0.29) is 37.6 Å². The van der Waals surface area contributed by atoms with Crippen molar-refractivity contribution in [1.82, 2.24) is 3.97 Å². The maximum absolute atomic E-state index is 14.0. The first-order valence-corrected chi connectivity index (χ1v) is 21.8. The number of aryl methyl sites for hydroxylation is 1. The van der Waals surface area contributed by atoms with Crippen molar-refractivity contribution in [1.29, 1.82) is 0 Å². The number of aliphatic hydroxyl groups is 1. The van der Waals surface area contributed by atoms with Gasteiger partial charge in [-0.15, -0.1) is 0 Å². The van der Waals surface area contributed by atoms with E-state index in [4.69, 9.17) is 18.9 Å². The van der Waals surface area contributed by atoms with Gasteiger partial charge in [0.25, 0.3) is 10.0 Å². The average Bonchev–Trinajstić information content (AvgIpc) is 3.64. The molecular weight excluding hydrogens is 824 g/mol. The molecule has 1 fully saturated rings. The summed E-state index contributed by atoms with van der Waals surface area (Å²) in [5.41, 5.74) is -4.60. The van der Waals surface area contributed by atoms with Crippen molar-refractivity contribution in [3.8, 4) is 0 Å². The average molecular weight is 866 g/mol. The first-order chi connectivity index (χ1) is 28.8. The van der Waals surface area contributed by atoms with E-state index in [0.717, 1.165) is 0 Å². The van der Waals surface area contributed by atoms with Gasteiger partial charge in [0.1, 0.15) is 23.9 Å². The number of hydrogen-bond acceptors (Lipinski definition) is 10. The van der Waals surface area contributed by atoms with Crippen LogP contribution in [0.1, 0.15) is 28.7 Å². The zero-order valence-corrected chi connectivity index (χ0v) is 33.6. The Morgan fingerprint density at radius 2 is 1.20 bits per heavy atom. The highest BCUT2D eigenvalue weighted by atomic mass is 32.2. The zero-order valence-electron chi connectivity index (χ0n) is 32.0. The minimum Gasteiger partial charge on any atom is -0.368 e. The summed E-state index contributed by atoms with van der Waals surface area (Å²) in [6, 6.07) is 41.7. The van der Waals surface area contributed by atoms with Gasteiger partial charge in [-0.05, 0) is 53.3 Å². The Morgan fingerprint density at radius 1 is 0.683 bits per heavy atom. The Kier molecular flexibility index (Phi) is 13.2. The van der Waals surface area contributed by atoms with Crippen LogP contribution in [-0.4, -0.2) is 68.2 Å². The molecule has 0 spiro atoms. The Balaban J connectivity index is 1.33. The second-order valence-corrected chi connectivity index (χ2v) is 17.6. The number of ether oxygens (including phenoxy) is 4. The van der Waals surface area contributed by atoms with Gasteiger partial charge in [-0.1, -0.05) is 127 Å². The predicted octanol–water partition coefficient (Wildman–Crippen LogP) is 7.52. The molecule has 1 N–H and O–H groups in total. The lowest BCUT2D eigenvalue weighted by Crippen LogP contribution is -2.69. The van der Waals surface area contributed by atoms with Crippen molar-refractivity contribution in [3.05, 3.63) is 174 Å². The van der Waals surface area contributed by atoms with Crippen LogP contribution in [-0.2, 0) is 69.5 Å². The van der Waals surface area contributed by atoms with Crippen molar-refractivity contribution in [2.45, 2.75) is 73.3 Å². The van der Waals surface area contributed by atoms with E-state index < -0.39 is 62.5 Å². The molecule has 1 aliphatic heterocycles. The maximum Gasteiger partial charge on any atom is 0.523 e. The molecule has 7 rings (SSSR count). The van der Waals surface area contributed by atoms with Crippen LogP contribution in [0.5, 0.6) is 0 Å². The molecular formula is C44H42F3NO10S2. The maximum atomic E-state index is 14.0. The lowest BCUT2D eigenvalue weighted by Gasteiger charge is -2.52. The number of hydrogen-bond donors (Lipinski definition) is 1. The van der Waals surface area contributed by atoms with Crippen LogP contribution in [0.2, 0.25) is 0 Å². The fraction of sp³-hybridized carbons (Fsp3) is 0.273. The molecule has 1 aromatic heterocycles. The predicted molar refractivity (Wildman–Crippen MR) is 215 cm³/mol. The second kappa shape index (κ2) is 18.4. The third kappa shape index (κ3) is 9.51. The lowest BCUT2D eigenvalue weighted by atomic mass is 9.81. The molecule has 16 heteroatoms. The van der Waals surface area contributed by atoms with E-state index in [1.54, 1.807) is 121 Å². The summed E-state index contributed by atoms with van der Waals surface area (Å²) in [4.78, 5) is 0.0738. The van der Waals surface area contributed by atoms with Crippen LogP contribution in [0.15, 0.2) is 157 Å². The minimum atomic E-state index is -6.09. The molecule has 0 saturated carbocycles. The molecule has 2 heterocycles. The Morgan fingerprint density at radius 3 is 1.78 bits per heavy atom. The molecule has 0 bridgehead atoms. The Bertz CT molecular complexity index is 2550. The zero-order chi connectivity index (χ0) is 42.4. The highest BCUT2D eigenvalue weighted by Gasteiger charge is 2.59. The largest absolute Gasteiger partial charge is 0.523 e. The highest BCUT2D eigenvalue weighted by Crippen LogP contribution is 2.42. The number of aliphatic hydroxyl groups excluding tert-OH is 1. The van der Waals surface area contributed by atoms with Gasteiger partial charge in [0, 0.05) is 11.6 Å². The van der Waals surface area contributed by atoms with Gasteiger partial charge in [0.05, 0.1) is 36.8 Å². The van der Waals surface area contributed by atoms with E-state index in [0.29, 0.717) is 33.2 Å². The van der Waals surface area contributed by atoms with Gasteiger partial charge >= 0.3 is 15.6 Å². The number of nitrogens with zero attached hydrogens (tertiary/aromatic N) is 1. The van der Waals surface area contributed by atoms with Crippen LogP contribution >= 0.6 is 0 Å². The summed E-state index contributed by atoms with van der Waals surface area (Å²) in [5.74, 6) is 0. The molecule has 0 radical (unpaired) electrons. The first kappa shape index (κ1) is 43.2. The van der Waals surface area contributed by atoms with Gasteiger partial charge in [-0.25, -0.2) is 12.4 Å². The van der Waals surface area contributed by atoms with Gasteiger partial charge in [-0.3, -0.25) is 4.18 Å². The van der Waals surface area contributed by atoms with Crippen LogP contribution in [0.4, 0.5) is 13.2 Å². The normalized spacial score (nSPS) is 21.3. The number of halogens is 3. The number of rotatable bonds is 17. The van der Waals surface area contributed by atoms with Gasteiger partial charge < -0.3 is 24.1 Å². The van der Waals surface area contributed by atoms with E-state index in [1.807, 2.05) is 12.1 Å². The van der Waals surface area contributed by atoms with Gasteiger partial charge in [-0.2, -0.15) is 21.6 Å². The summed E-state index contributed by atoms with van der Waals surface area (Å²) in [6.07, 6.45) is -4.91. The standard InChI is InChI=1S/C44H42F3NO10S2/c45-44(46,47)60(52,53)57-31-39-40(54-28-32-15-5-1-6-16-32)41(55-29-33-17-7-2-8-18-33)43(42(49)58-39,56-30-34-19-9-3-10-20-34)26-25-35-27-48(38-24-14-13-23-37(35)38)59(50,51)36-21-11-4-12-22-36/h1-24,27,39-42,49H,25-26,28-31H2/t39-,40-,41+,42-,43-/m1/s1. The molecule has 0 amide bonds. The summed E-state index contributed by atoms with van der Waals surface area (Å²) < 4.78 is 124. The summed E-state index contributed by atoms with van der Waals surface area (Å²) >= 11 is 0. The van der Waals surface area contributed by atoms with Gasteiger partial charge in [0.2, 0.25) is 0 Å². The topological polar surface area (TPSA) is 140 Å². The number of aromatic nitrogens is 1. The number of benzene rings is 5. The number of alkyl halides is 3. The van der Waals surface area contributed by atoms with E-state index in [9.17, 15) is 35.1 Å². The third-order valence-corrected chi connectivity index (χ3v) is 13.0. The SMILES string of the molecule is O=S(=O)(c1ccccc1)n1cc(CC[C@]2(OCc3ccccc3)[C@H](O)O[C@H](COS(=O)(=O)C(F)(F)F)[C@@H](OCc3ccccc3)[C@@H]2OCc2ccccc2)c2ccccc21. The molecule has 5 aromatic carbocycles. The summed E-state index contributed by atoms with van der Waals surface area (Å²) in [5, 5.41) is 12.8. The highest BCUT2D eigenvalue weighted by molar-refractivity contribution is 7.90. The Hall–Kier alpha value is -4.91. The quantitative estimate of drug-likeness (QED) is 0.0724. The molecule has 0 unspecified atom stereocenters. The fourth-order valence-corrected chi connectivity index (χ4v) is 9.08. The van der Waals surface area contributed by atoms with E-state index in [1.165, 1.54) is 22.3 Å². The molecule has 1 aliphatic rings. The molecule has 6 aromatic rings. The first-order valence-electron chi connectivity index (χ1n) is 19.0. The monoisotopic (exact) mass is 865 g/mol. The Labute approximate surface area is 346 Å². The molecule has 11 nitrogen and oxygen atoms in total. The number of para-hydroxylation sites is 1. The third-order valence-electron chi connectivity index (χ3n) is 10.3. The number of fused-ring (bicyclic) bond motifs is 1. The summed E-state index contributed by atoms with van der Waals surface area (Å²) in [7, 11) is -10.2. The molecule has 60 heavy (non-hydrogen) atoms. The molecule has 316 valence electrons.